The molecule has 1 aromatic heterocycles. The Balaban J connectivity index is 2.48. The van der Waals surface area contributed by atoms with Crippen molar-refractivity contribution in [2.75, 3.05) is 0 Å². The summed E-state index contributed by atoms with van der Waals surface area (Å²) in [5, 5.41) is 10.1. The van der Waals surface area contributed by atoms with Gasteiger partial charge in [-0.2, -0.15) is 0 Å². The van der Waals surface area contributed by atoms with Gasteiger partial charge in [-0.1, -0.05) is 12.1 Å². The Bertz CT molecular complexity index is 325. The Morgan fingerprint density at radius 2 is 2.31 bits per heavy atom. The highest BCUT2D eigenvalue weighted by atomic mass is 32.1. The van der Waals surface area contributed by atoms with Crippen LogP contribution >= 0.6 is 11.3 Å². The van der Waals surface area contributed by atoms with E-state index in [2.05, 4.69) is 0 Å². The molecule has 0 aliphatic heterocycles. The SMILES string of the molecule is O=C(O)C=CCC(=O)c1cccs1. The minimum atomic E-state index is -1.03. The van der Waals surface area contributed by atoms with Crippen LogP contribution in [0.1, 0.15) is 16.1 Å². The van der Waals surface area contributed by atoms with E-state index >= 15 is 0 Å². The number of Topliss-reactive ketones (excluding diaryl/α,β-unsaturated/α-hetero) is 1. The predicted molar refractivity (Wildman–Crippen MR) is 50.0 cm³/mol. The van der Waals surface area contributed by atoms with E-state index in [-0.39, 0.29) is 12.2 Å². The summed E-state index contributed by atoms with van der Waals surface area (Å²) in [5.41, 5.74) is 0. The third kappa shape index (κ3) is 3.21. The van der Waals surface area contributed by atoms with Gasteiger partial charge < -0.3 is 5.11 Å². The van der Waals surface area contributed by atoms with Crippen molar-refractivity contribution in [1.82, 2.24) is 0 Å². The maximum atomic E-state index is 11.3. The van der Waals surface area contributed by atoms with Gasteiger partial charge in [-0.15, -0.1) is 11.3 Å². The van der Waals surface area contributed by atoms with E-state index < -0.39 is 5.97 Å². The number of allylic oxidation sites excluding steroid dienone is 1. The summed E-state index contributed by atoms with van der Waals surface area (Å²) in [6, 6.07) is 3.51. The van der Waals surface area contributed by atoms with Gasteiger partial charge in [0, 0.05) is 12.5 Å². The van der Waals surface area contributed by atoms with Gasteiger partial charge in [0.15, 0.2) is 5.78 Å². The van der Waals surface area contributed by atoms with Gasteiger partial charge in [0.2, 0.25) is 0 Å². The molecule has 0 saturated heterocycles. The Labute approximate surface area is 79.3 Å². The average Bonchev–Trinajstić information content (AvgIpc) is 2.55. The van der Waals surface area contributed by atoms with Gasteiger partial charge in [-0.25, -0.2) is 4.79 Å². The van der Waals surface area contributed by atoms with E-state index in [1.165, 1.54) is 17.4 Å². The fourth-order valence-electron chi connectivity index (χ4n) is 0.805. The first kappa shape index (κ1) is 9.67. The van der Waals surface area contributed by atoms with Crippen molar-refractivity contribution >= 4 is 23.1 Å². The predicted octanol–water partition coefficient (Wildman–Crippen LogP) is 1.96. The van der Waals surface area contributed by atoms with E-state index in [0.29, 0.717) is 4.88 Å². The second kappa shape index (κ2) is 4.57. The normalized spacial score (nSPS) is 10.5. The van der Waals surface area contributed by atoms with Gasteiger partial charge in [-0.3, -0.25) is 4.79 Å². The number of thiophene rings is 1. The van der Waals surface area contributed by atoms with Crippen molar-refractivity contribution < 1.29 is 14.7 Å². The quantitative estimate of drug-likeness (QED) is 0.591. The van der Waals surface area contributed by atoms with Crippen LogP contribution in [-0.2, 0) is 4.79 Å². The summed E-state index contributed by atoms with van der Waals surface area (Å²) in [5.74, 6) is -1.08. The largest absolute Gasteiger partial charge is 0.478 e. The summed E-state index contributed by atoms with van der Waals surface area (Å²) >= 11 is 1.36. The fourth-order valence-corrected chi connectivity index (χ4v) is 1.48. The molecular weight excluding hydrogens is 188 g/mol. The number of hydrogen-bond donors (Lipinski definition) is 1. The molecule has 0 radical (unpaired) electrons. The molecule has 0 bridgehead atoms. The number of aliphatic carboxylic acids is 1. The van der Waals surface area contributed by atoms with Gasteiger partial charge in [-0.05, 0) is 11.4 Å². The Hall–Kier alpha value is -1.42. The molecule has 0 aliphatic carbocycles. The number of carbonyl (C=O) groups excluding carboxylic acids is 1. The lowest BCUT2D eigenvalue weighted by molar-refractivity contribution is -0.131. The van der Waals surface area contributed by atoms with Crippen LogP contribution in [0.15, 0.2) is 29.7 Å². The molecule has 13 heavy (non-hydrogen) atoms. The lowest BCUT2D eigenvalue weighted by Crippen LogP contribution is -1.94. The standard InChI is InChI=1S/C9H8O3S/c10-7(3-1-5-9(11)12)8-4-2-6-13-8/h1-2,4-6H,3H2,(H,11,12). The molecule has 0 aliphatic rings. The Morgan fingerprint density at radius 1 is 1.54 bits per heavy atom. The number of carboxylic acid groups (broad SMARTS) is 1. The lowest BCUT2D eigenvalue weighted by atomic mass is 10.2. The van der Waals surface area contributed by atoms with Crippen molar-refractivity contribution in [2.24, 2.45) is 0 Å². The monoisotopic (exact) mass is 196 g/mol. The highest BCUT2D eigenvalue weighted by Gasteiger charge is 2.03. The molecule has 3 nitrogen and oxygen atoms in total. The number of rotatable bonds is 4. The molecule has 68 valence electrons. The van der Waals surface area contributed by atoms with Gasteiger partial charge in [0.05, 0.1) is 4.88 Å². The molecule has 0 unspecified atom stereocenters. The smallest absolute Gasteiger partial charge is 0.327 e. The van der Waals surface area contributed by atoms with Crippen LogP contribution in [0.2, 0.25) is 0 Å². The van der Waals surface area contributed by atoms with E-state index in [9.17, 15) is 9.59 Å². The topological polar surface area (TPSA) is 54.4 Å². The zero-order valence-corrected chi connectivity index (χ0v) is 7.58. The number of carbonyl (C=O) groups is 2. The first-order chi connectivity index (χ1) is 6.20. The molecule has 0 amide bonds. The maximum absolute atomic E-state index is 11.3. The third-order valence-electron chi connectivity index (χ3n) is 1.36. The second-order valence-corrected chi connectivity index (χ2v) is 3.29. The lowest BCUT2D eigenvalue weighted by Gasteiger charge is -1.89. The molecule has 1 rings (SSSR count). The second-order valence-electron chi connectivity index (χ2n) is 2.35. The highest BCUT2D eigenvalue weighted by molar-refractivity contribution is 7.12. The van der Waals surface area contributed by atoms with Crippen LogP contribution in [0.4, 0.5) is 0 Å². The minimum Gasteiger partial charge on any atom is -0.478 e. The van der Waals surface area contributed by atoms with Crippen molar-refractivity contribution in [3.8, 4) is 0 Å². The van der Waals surface area contributed by atoms with Crippen LogP contribution in [-0.4, -0.2) is 16.9 Å². The minimum absolute atomic E-state index is 0.0486. The molecule has 1 N–H and O–H groups in total. The van der Waals surface area contributed by atoms with Crippen molar-refractivity contribution in [2.45, 2.75) is 6.42 Å². The average molecular weight is 196 g/mol. The first-order valence-electron chi connectivity index (χ1n) is 3.66. The van der Waals surface area contributed by atoms with Crippen molar-refractivity contribution in [1.29, 1.82) is 0 Å². The maximum Gasteiger partial charge on any atom is 0.327 e. The molecular formula is C9H8O3S. The van der Waals surface area contributed by atoms with Crippen LogP contribution in [0.5, 0.6) is 0 Å². The van der Waals surface area contributed by atoms with Gasteiger partial charge in [0.1, 0.15) is 0 Å². The first-order valence-corrected chi connectivity index (χ1v) is 4.54. The van der Waals surface area contributed by atoms with Crippen molar-refractivity contribution in [3.05, 3.63) is 34.5 Å². The van der Waals surface area contributed by atoms with Crippen LogP contribution in [0.25, 0.3) is 0 Å². The zero-order chi connectivity index (χ0) is 9.68. The van der Waals surface area contributed by atoms with Gasteiger partial charge >= 0.3 is 5.97 Å². The molecule has 1 aromatic rings. The molecule has 1 heterocycles. The molecule has 0 fully saturated rings. The van der Waals surface area contributed by atoms with Crippen molar-refractivity contribution in [3.63, 3.8) is 0 Å². The summed E-state index contributed by atoms with van der Waals surface area (Å²) in [6.07, 6.45) is 2.47. The van der Waals surface area contributed by atoms with E-state index in [1.807, 2.05) is 5.38 Å². The molecule has 0 atom stereocenters. The van der Waals surface area contributed by atoms with Crippen LogP contribution in [0, 0.1) is 0 Å². The Kier molecular flexibility index (Phi) is 3.40. The number of ketones is 1. The molecule has 0 saturated carbocycles. The highest BCUT2D eigenvalue weighted by Crippen LogP contribution is 2.11. The van der Waals surface area contributed by atoms with Crippen LogP contribution < -0.4 is 0 Å². The van der Waals surface area contributed by atoms with E-state index in [1.54, 1.807) is 12.1 Å². The van der Waals surface area contributed by atoms with Gasteiger partial charge in [0.25, 0.3) is 0 Å². The molecule has 4 heteroatoms. The third-order valence-corrected chi connectivity index (χ3v) is 2.27. The fraction of sp³-hybridized carbons (Fsp3) is 0.111. The van der Waals surface area contributed by atoms with E-state index in [0.717, 1.165) is 6.08 Å². The summed E-state index contributed by atoms with van der Waals surface area (Å²) in [4.78, 5) is 22.0. The number of carboxylic acids is 1. The zero-order valence-electron chi connectivity index (χ0n) is 6.77. The molecule has 0 spiro atoms. The number of hydrogen-bond acceptors (Lipinski definition) is 3. The van der Waals surface area contributed by atoms with Crippen LogP contribution in [0.3, 0.4) is 0 Å². The summed E-state index contributed by atoms with van der Waals surface area (Å²) in [6.45, 7) is 0. The Morgan fingerprint density at radius 3 is 2.85 bits per heavy atom. The molecule has 0 aromatic carbocycles. The summed E-state index contributed by atoms with van der Waals surface area (Å²) in [7, 11) is 0. The summed E-state index contributed by atoms with van der Waals surface area (Å²) < 4.78 is 0. The van der Waals surface area contributed by atoms with E-state index in [4.69, 9.17) is 5.11 Å².